The van der Waals surface area contributed by atoms with E-state index >= 15 is 0 Å². The van der Waals surface area contributed by atoms with E-state index in [0.29, 0.717) is 17.2 Å². The van der Waals surface area contributed by atoms with Gasteiger partial charge in [-0.3, -0.25) is 4.79 Å². The molecule has 1 aromatic rings. The fraction of sp³-hybridized carbons (Fsp3) is 0.444. The average Bonchev–Trinajstić information content (AvgIpc) is 3.16. The normalized spacial score (nSPS) is 17.4. The van der Waals surface area contributed by atoms with Crippen molar-refractivity contribution in [3.63, 3.8) is 0 Å². The highest BCUT2D eigenvalue weighted by Crippen LogP contribution is 2.47. The Morgan fingerprint density at radius 2 is 2.00 bits per heavy atom. The number of esters is 1. The largest absolute Gasteiger partial charge is 0.452 e. The third-order valence-electron chi connectivity index (χ3n) is 4.02. The number of hydrogen-bond acceptors (Lipinski definition) is 5. The molecule has 1 heterocycles. The Hall–Kier alpha value is -2.50. The van der Waals surface area contributed by atoms with Gasteiger partial charge in [-0.1, -0.05) is 13.0 Å². The summed E-state index contributed by atoms with van der Waals surface area (Å²) in [5, 5.41) is 2.69. The van der Waals surface area contributed by atoms with Crippen LogP contribution < -0.4 is 14.8 Å². The molecule has 1 aliphatic heterocycles. The molecule has 1 amide bonds. The van der Waals surface area contributed by atoms with E-state index in [1.54, 1.807) is 24.3 Å². The quantitative estimate of drug-likeness (QED) is 0.662. The van der Waals surface area contributed by atoms with Crippen LogP contribution in [0.1, 0.15) is 39.0 Å². The fourth-order valence-corrected chi connectivity index (χ4v) is 2.89. The molecule has 0 atom stereocenters. The predicted octanol–water partition coefficient (Wildman–Crippen LogP) is 3.18. The maximum atomic E-state index is 11.9. The summed E-state index contributed by atoms with van der Waals surface area (Å²) in [6.07, 6.45) is 7.67. The van der Waals surface area contributed by atoms with Gasteiger partial charge >= 0.3 is 5.97 Å². The molecule has 24 heavy (non-hydrogen) atoms. The van der Waals surface area contributed by atoms with Gasteiger partial charge in [0.05, 0.1) is 0 Å². The first-order chi connectivity index (χ1) is 11.6. The molecule has 1 aliphatic carbocycles. The average molecular weight is 331 g/mol. The van der Waals surface area contributed by atoms with Crippen molar-refractivity contribution < 1.29 is 23.8 Å². The zero-order valence-corrected chi connectivity index (χ0v) is 13.7. The molecule has 0 bridgehead atoms. The van der Waals surface area contributed by atoms with E-state index in [9.17, 15) is 9.59 Å². The minimum Gasteiger partial charge on any atom is -0.452 e. The topological polar surface area (TPSA) is 73.9 Å². The number of ether oxygens (including phenoxy) is 3. The zero-order valence-electron chi connectivity index (χ0n) is 13.7. The second-order valence-electron chi connectivity index (χ2n) is 5.95. The molecule has 1 N–H and O–H groups in total. The molecule has 0 aromatic heterocycles. The summed E-state index contributed by atoms with van der Waals surface area (Å²) in [5.41, 5.74) is 0.581. The number of allylic oxidation sites excluding steroid dienone is 1. The van der Waals surface area contributed by atoms with E-state index in [-0.39, 0.29) is 6.61 Å². The van der Waals surface area contributed by atoms with Gasteiger partial charge in [0.15, 0.2) is 18.1 Å². The van der Waals surface area contributed by atoms with E-state index in [1.165, 1.54) is 6.08 Å². The van der Waals surface area contributed by atoms with E-state index in [2.05, 4.69) is 5.32 Å². The SMILES string of the molecule is CC/C=C/C(=O)OCC(=O)Nc1ccc2c(c1)OC1(CCCC1)O2. The Kier molecular flexibility index (Phi) is 4.74. The van der Waals surface area contributed by atoms with E-state index in [1.807, 2.05) is 6.92 Å². The van der Waals surface area contributed by atoms with Gasteiger partial charge in [-0.25, -0.2) is 4.79 Å². The summed E-state index contributed by atoms with van der Waals surface area (Å²) in [6.45, 7) is 1.58. The number of nitrogens with one attached hydrogen (secondary N) is 1. The monoisotopic (exact) mass is 331 g/mol. The van der Waals surface area contributed by atoms with Gasteiger partial charge in [0, 0.05) is 30.7 Å². The van der Waals surface area contributed by atoms with Crippen LogP contribution in [0.4, 0.5) is 5.69 Å². The third-order valence-corrected chi connectivity index (χ3v) is 4.02. The number of rotatable bonds is 5. The van der Waals surface area contributed by atoms with Crippen LogP contribution in [0.15, 0.2) is 30.4 Å². The number of amides is 1. The zero-order chi connectivity index (χ0) is 17.0. The van der Waals surface area contributed by atoms with E-state index in [0.717, 1.165) is 32.1 Å². The molecule has 6 nitrogen and oxygen atoms in total. The number of fused-ring (bicyclic) bond motifs is 1. The summed E-state index contributed by atoms with van der Waals surface area (Å²) in [6, 6.07) is 5.26. The third kappa shape index (κ3) is 3.69. The number of anilines is 1. The number of hydrogen-bond donors (Lipinski definition) is 1. The fourth-order valence-electron chi connectivity index (χ4n) is 2.89. The van der Waals surface area contributed by atoms with E-state index in [4.69, 9.17) is 14.2 Å². The molecule has 3 rings (SSSR count). The molecule has 128 valence electrons. The van der Waals surface area contributed by atoms with Crippen LogP contribution in [-0.2, 0) is 14.3 Å². The molecule has 1 saturated carbocycles. The van der Waals surface area contributed by atoms with Crippen LogP contribution in [0.5, 0.6) is 11.5 Å². The molecule has 1 aromatic carbocycles. The lowest BCUT2D eigenvalue weighted by Crippen LogP contribution is -2.34. The van der Waals surface area contributed by atoms with Gasteiger partial charge in [0.2, 0.25) is 0 Å². The minimum absolute atomic E-state index is 0.328. The summed E-state index contributed by atoms with van der Waals surface area (Å²) in [7, 11) is 0. The number of benzene rings is 1. The summed E-state index contributed by atoms with van der Waals surface area (Å²) >= 11 is 0. The van der Waals surface area contributed by atoms with Crippen LogP contribution in [0.25, 0.3) is 0 Å². The second-order valence-corrected chi connectivity index (χ2v) is 5.95. The lowest BCUT2D eigenvalue weighted by atomic mass is 10.2. The van der Waals surface area contributed by atoms with Crippen LogP contribution in [0, 0.1) is 0 Å². The highest BCUT2D eigenvalue weighted by molar-refractivity contribution is 5.94. The molecule has 0 saturated heterocycles. The standard InChI is InChI=1S/C18H21NO5/c1-2-3-6-17(21)22-12-16(20)19-13-7-8-14-15(11-13)24-18(23-14)9-4-5-10-18/h3,6-8,11H,2,4-5,9-10,12H2,1H3,(H,19,20)/b6-3+. The van der Waals surface area contributed by atoms with Crippen LogP contribution in [0.2, 0.25) is 0 Å². The van der Waals surface area contributed by atoms with Crippen molar-refractivity contribution in [1.29, 1.82) is 0 Å². The summed E-state index contributed by atoms with van der Waals surface area (Å²) < 4.78 is 16.7. The van der Waals surface area contributed by atoms with Gasteiger partial charge in [0.1, 0.15) is 0 Å². The van der Waals surface area contributed by atoms with Crippen LogP contribution >= 0.6 is 0 Å². The van der Waals surface area contributed by atoms with Gasteiger partial charge in [-0.2, -0.15) is 0 Å². The van der Waals surface area contributed by atoms with Crippen molar-refractivity contribution in [2.24, 2.45) is 0 Å². The number of carbonyl (C=O) groups excluding carboxylic acids is 2. The predicted molar refractivity (Wildman–Crippen MR) is 87.9 cm³/mol. The first-order valence-electron chi connectivity index (χ1n) is 8.25. The maximum Gasteiger partial charge on any atom is 0.330 e. The van der Waals surface area contributed by atoms with Crippen molar-refractivity contribution >= 4 is 17.6 Å². The Bertz CT molecular complexity index is 661. The van der Waals surface area contributed by atoms with Crippen LogP contribution in [0.3, 0.4) is 0 Å². The Labute approximate surface area is 140 Å². The Morgan fingerprint density at radius 3 is 2.75 bits per heavy atom. The molecule has 0 radical (unpaired) electrons. The van der Waals surface area contributed by atoms with Gasteiger partial charge in [0.25, 0.3) is 11.7 Å². The van der Waals surface area contributed by atoms with Crippen molar-refractivity contribution in [3.8, 4) is 11.5 Å². The second kappa shape index (κ2) is 6.95. The Morgan fingerprint density at radius 1 is 1.25 bits per heavy atom. The van der Waals surface area contributed by atoms with Crippen LogP contribution in [-0.4, -0.2) is 24.3 Å². The van der Waals surface area contributed by atoms with E-state index < -0.39 is 17.7 Å². The molecule has 2 aliphatic rings. The Balaban J connectivity index is 1.55. The molecular formula is C18H21NO5. The molecular weight excluding hydrogens is 310 g/mol. The van der Waals surface area contributed by atoms with Gasteiger partial charge < -0.3 is 19.5 Å². The van der Waals surface area contributed by atoms with Crippen molar-refractivity contribution in [3.05, 3.63) is 30.4 Å². The smallest absolute Gasteiger partial charge is 0.330 e. The first-order valence-corrected chi connectivity index (χ1v) is 8.25. The maximum absolute atomic E-state index is 11.9. The molecule has 6 heteroatoms. The molecule has 1 spiro atoms. The van der Waals surface area contributed by atoms with Gasteiger partial charge in [-0.15, -0.1) is 0 Å². The minimum atomic E-state index is -0.527. The van der Waals surface area contributed by atoms with Crippen molar-refractivity contribution in [2.45, 2.75) is 44.8 Å². The van der Waals surface area contributed by atoms with Crippen molar-refractivity contribution in [2.75, 3.05) is 11.9 Å². The summed E-state index contributed by atoms with van der Waals surface area (Å²) in [4.78, 5) is 23.2. The highest BCUT2D eigenvalue weighted by Gasteiger charge is 2.44. The highest BCUT2D eigenvalue weighted by atomic mass is 16.7. The molecule has 1 fully saturated rings. The lowest BCUT2D eigenvalue weighted by Gasteiger charge is -2.21. The number of carbonyl (C=O) groups is 2. The van der Waals surface area contributed by atoms with Gasteiger partial charge in [-0.05, 0) is 31.4 Å². The molecule has 0 unspecified atom stereocenters. The van der Waals surface area contributed by atoms with Crippen molar-refractivity contribution in [1.82, 2.24) is 0 Å². The first kappa shape index (κ1) is 16.4. The summed E-state index contributed by atoms with van der Waals surface area (Å²) in [5.74, 6) is -0.112. The lowest BCUT2D eigenvalue weighted by molar-refractivity contribution is -0.142.